The third kappa shape index (κ3) is 4.99. The summed E-state index contributed by atoms with van der Waals surface area (Å²) in [6.45, 7) is 5.79. The van der Waals surface area contributed by atoms with Gasteiger partial charge in [0.15, 0.2) is 11.6 Å². The van der Waals surface area contributed by atoms with E-state index in [1.54, 1.807) is 12.1 Å². The molecule has 0 heterocycles. The molecule has 0 aliphatic heterocycles. The number of benzene rings is 1. The summed E-state index contributed by atoms with van der Waals surface area (Å²) in [5, 5.41) is 3.37. The predicted octanol–water partition coefficient (Wildman–Crippen LogP) is 4.85. The molecule has 0 spiro atoms. The highest BCUT2D eigenvalue weighted by molar-refractivity contribution is 5.30. The Morgan fingerprint density at radius 2 is 2.05 bits per heavy atom. The Hall–Kier alpha value is -1.09. The molecule has 3 heteroatoms. The van der Waals surface area contributed by atoms with Crippen LogP contribution in [-0.2, 0) is 0 Å². The number of halogens is 1. The topological polar surface area (TPSA) is 21.3 Å². The molecular formula is C18H28FNO. The number of nitrogens with one attached hydrogen (secondary N) is 1. The van der Waals surface area contributed by atoms with Crippen molar-refractivity contribution in [2.75, 3.05) is 13.2 Å². The monoisotopic (exact) mass is 293 g/mol. The van der Waals surface area contributed by atoms with Crippen LogP contribution in [0.15, 0.2) is 18.2 Å². The molecule has 118 valence electrons. The van der Waals surface area contributed by atoms with Gasteiger partial charge >= 0.3 is 0 Å². The maximum atomic E-state index is 14.1. The Kier molecular flexibility index (Phi) is 6.50. The summed E-state index contributed by atoms with van der Waals surface area (Å²) in [6.07, 6.45) is 7.43. The van der Waals surface area contributed by atoms with Crippen molar-refractivity contribution in [1.82, 2.24) is 5.32 Å². The highest BCUT2D eigenvalue weighted by atomic mass is 19.1. The fraction of sp³-hybridized carbons (Fsp3) is 0.667. The van der Waals surface area contributed by atoms with Gasteiger partial charge in [-0.3, -0.25) is 0 Å². The lowest BCUT2D eigenvalue weighted by Crippen LogP contribution is -2.19. The van der Waals surface area contributed by atoms with E-state index in [1.165, 1.54) is 32.1 Å². The normalized spacial score (nSPS) is 17.7. The maximum absolute atomic E-state index is 14.1. The first-order valence-corrected chi connectivity index (χ1v) is 8.36. The zero-order chi connectivity index (χ0) is 15.1. The molecule has 0 aromatic heterocycles. The Morgan fingerprint density at radius 1 is 1.29 bits per heavy atom. The van der Waals surface area contributed by atoms with Crippen LogP contribution in [-0.4, -0.2) is 13.2 Å². The third-order valence-corrected chi connectivity index (χ3v) is 4.36. The molecule has 0 saturated heterocycles. The molecule has 1 fully saturated rings. The van der Waals surface area contributed by atoms with Crippen LogP contribution in [0.1, 0.15) is 64.0 Å². The van der Waals surface area contributed by atoms with Gasteiger partial charge in [0.1, 0.15) is 0 Å². The molecule has 1 saturated carbocycles. The molecule has 0 amide bonds. The molecule has 1 aromatic rings. The highest BCUT2D eigenvalue weighted by Crippen LogP contribution is 2.26. The minimum absolute atomic E-state index is 0.173. The van der Waals surface area contributed by atoms with Crippen LogP contribution in [0, 0.1) is 11.7 Å². The van der Waals surface area contributed by atoms with E-state index in [-0.39, 0.29) is 11.9 Å². The molecule has 0 bridgehead atoms. The fourth-order valence-electron chi connectivity index (χ4n) is 2.94. The summed E-state index contributed by atoms with van der Waals surface area (Å²) >= 11 is 0. The van der Waals surface area contributed by atoms with E-state index in [4.69, 9.17) is 4.74 Å². The van der Waals surface area contributed by atoms with Crippen molar-refractivity contribution in [2.45, 2.75) is 58.4 Å². The van der Waals surface area contributed by atoms with E-state index < -0.39 is 0 Å². The first kappa shape index (κ1) is 16.3. The number of ether oxygens (including phenoxy) is 1. The smallest absolute Gasteiger partial charge is 0.165 e. The van der Waals surface area contributed by atoms with Crippen molar-refractivity contribution in [3.05, 3.63) is 29.6 Å². The molecule has 0 radical (unpaired) electrons. The molecule has 1 unspecified atom stereocenters. The summed E-state index contributed by atoms with van der Waals surface area (Å²) in [7, 11) is 0. The van der Waals surface area contributed by atoms with Gasteiger partial charge < -0.3 is 10.1 Å². The third-order valence-electron chi connectivity index (χ3n) is 4.36. The number of hydrogen-bond acceptors (Lipinski definition) is 2. The van der Waals surface area contributed by atoms with Gasteiger partial charge in [0.2, 0.25) is 0 Å². The molecule has 1 aromatic carbocycles. The van der Waals surface area contributed by atoms with E-state index in [0.717, 1.165) is 18.5 Å². The van der Waals surface area contributed by atoms with E-state index in [9.17, 15) is 4.39 Å². The molecule has 1 aliphatic rings. The van der Waals surface area contributed by atoms with Gasteiger partial charge in [-0.15, -0.1) is 0 Å². The van der Waals surface area contributed by atoms with Crippen molar-refractivity contribution >= 4 is 0 Å². The van der Waals surface area contributed by atoms with Crippen LogP contribution < -0.4 is 10.1 Å². The lowest BCUT2D eigenvalue weighted by molar-refractivity contribution is 0.202. The van der Waals surface area contributed by atoms with Gasteiger partial charge in [-0.1, -0.05) is 32.3 Å². The van der Waals surface area contributed by atoms with Crippen molar-refractivity contribution in [2.24, 2.45) is 5.92 Å². The predicted molar refractivity (Wildman–Crippen MR) is 85.2 cm³/mol. The zero-order valence-corrected chi connectivity index (χ0v) is 13.3. The van der Waals surface area contributed by atoms with Gasteiger partial charge in [0, 0.05) is 6.04 Å². The van der Waals surface area contributed by atoms with Crippen molar-refractivity contribution in [1.29, 1.82) is 0 Å². The van der Waals surface area contributed by atoms with E-state index in [0.29, 0.717) is 18.3 Å². The second kappa shape index (κ2) is 8.38. The molecule has 21 heavy (non-hydrogen) atoms. The minimum Gasteiger partial charge on any atom is -0.490 e. The van der Waals surface area contributed by atoms with Gasteiger partial charge in [0.25, 0.3) is 0 Å². The zero-order valence-electron chi connectivity index (χ0n) is 13.3. The van der Waals surface area contributed by atoms with Crippen LogP contribution in [0.4, 0.5) is 4.39 Å². The van der Waals surface area contributed by atoms with Crippen molar-refractivity contribution in [3.63, 3.8) is 0 Å². The lowest BCUT2D eigenvalue weighted by atomic mass is 9.90. The van der Waals surface area contributed by atoms with Gasteiger partial charge in [-0.2, -0.15) is 0 Å². The van der Waals surface area contributed by atoms with Crippen LogP contribution in [0.5, 0.6) is 5.75 Å². The second-order valence-electron chi connectivity index (χ2n) is 6.18. The average Bonchev–Trinajstić information content (AvgIpc) is 2.52. The molecular weight excluding hydrogens is 265 g/mol. The highest BCUT2D eigenvalue weighted by Gasteiger charge is 2.15. The minimum atomic E-state index is -0.242. The maximum Gasteiger partial charge on any atom is 0.165 e. The Bertz CT molecular complexity index is 429. The van der Waals surface area contributed by atoms with Crippen LogP contribution in [0.3, 0.4) is 0 Å². The Labute approximate surface area is 128 Å². The standard InChI is InChI=1S/C18H28FNO/c1-3-11-20-14(2)16-9-10-18(17(19)12-16)21-13-15-7-5-4-6-8-15/h9-10,12,14-15,20H,3-8,11,13H2,1-2H3. The molecule has 2 rings (SSSR count). The van der Waals surface area contributed by atoms with E-state index >= 15 is 0 Å². The van der Waals surface area contributed by atoms with Crippen LogP contribution in [0.25, 0.3) is 0 Å². The fourth-order valence-corrected chi connectivity index (χ4v) is 2.94. The van der Waals surface area contributed by atoms with Crippen molar-refractivity contribution < 1.29 is 9.13 Å². The molecule has 1 atom stereocenters. The second-order valence-corrected chi connectivity index (χ2v) is 6.18. The van der Waals surface area contributed by atoms with Crippen LogP contribution in [0.2, 0.25) is 0 Å². The van der Waals surface area contributed by atoms with Gasteiger partial charge in [-0.25, -0.2) is 4.39 Å². The average molecular weight is 293 g/mol. The van der Waals surface area contributed by atoms with Gasteiger partial charge in [0.05, 0.1) is 6.61 Å². The first-order valence-electron chi connectivity index (χ1n) is 8.36. The molecule has 1 aliphatic carbocycles. The van der Waals surface area contributed by atoms with E-state index in [2.05, 4.69) is 19.2 Å². The van der Waals surface area contributed by atoms with Gasteiger partial charge in [-0.05, 0) is 56.3 Å². The number of hydrogen-bond donors (Lipinski definition) is 1. The largest absolute Gasteiger partial charge is 0.490 e. The Balaban J connectivity index is 1.89. The summed E-state index contributed by atoms with van der Waals surface area (Å²) < 4.78 is 19.8. The van der Waals surface area contributed by atoms with Crippen molar-refractivity contribution in [3.8, 4) is 5.75 Å². The van der Waals surface area contributed by atoms with E-state index in [1.807, 2.05) is 6.07 Å². The van der Waals surface area contributed by atoms with Crippen LogP contribution >= 0.6 is 0 Å². The summed E-state index contributed by atoms with van der Waals surface area (Å²) in [5.41, 5.74) is 0.978. The molecule has 1 N–H and O–H groups in total. The first-order chi connectivity index (χ1) is 10.2. The summed E-state index contributed by atoms with van der Waals surface area (Å²) in [5.74, 6) is 0.753. The summed E-state index contributed by atoms with van der Waals surface area (Å²) in [4.78, 5) is 0. The molecule has 2 nitrogen and oxygen atoms in total. The number of rotatable bonds is 7. The lowest BCUT2D eigenvalue weighted by Gasteiger charge is -2.22. The quantitative estimate of drug-likeness (QED) is 0.776. The Morgan fingerprint density at radius 3 is 2.71 bits per heavy atom. The summed E-state index contributed by atoms with van der Waals surface area (Å²) in [6, 6.07) is 5.51. The SMILES string of the molecule is CCCNC(C)c1ccc(OCC2CCCCC2)c(F)c1.